The van der Waals surface area contributed by atoms with Crippen LogP contribution in [0.5, 0.6) is 0 Å². The lowest BCUT2D eigenvalue weighted by atomic mass is 10.1. The first-order chi connectivity index (χ1) is 9.22. The smallest absolute Gasteiger partial charge is 0.376 e. The van der Waals surface area contributed by atoms with Crippen LogP contribution in [0.4, 0.5) is 0 Å². The fraction of sp³-hybridized carbons (Fsp3) is 0.769. The van der Waals surface area contributed by atoms with Crippen molar-refractivity contribution in [1.29, 1.82) is 0 Å². The van der Waals surface area contributed by atoms with Gasteiger partial charge in [-0.25, -0.2) is 4.79 Å². The lowest BCUT2D eigenvalue weighted by Gasteiger charge is -2.22. The third kappa shape index (κ3) is 3.53. The van der Waals surface area contributed by atoms with Crippen molar-refractivity contribution in [3.8, 4) is 0 Å². The fourth-order valence-electron chi connectivity index (χ4n) is 2.30. The van der Waals surface area contributed by atoms with Crippen molar-refractivity contribution < 1.29 is 14.3 Å². The van der Waals surface area contributed by atoms with Crippen LogP contribution in [0.1, 0.15) is 49.1 Å². The largest absolute Gasteiger partial charge is 0.460 e. The average molecular weight is 267 g/mol. The van der Waals surface area contributed by atoms with Crippen LogP contribution < -0.4 is 0 Å². The summed E-state index contributed by atoms with van der Waals surface area (Å²) in [5, 5.41) is 7.85. The van der Waals surface area contributed by atoms with Crippen LogP contribution in [0.15, 0.2) is 0 Å². The van der Waals surface area contributed by atoms with Crippen molar-refractivity contribution in [3.05, 3.63) is 11.6 Å². The molecule has 1 aliphatic rings. The van der Waals surface area contributed by atoms with Gasteiger partial charge in [-0.05, 0) is 39.5 Å². The van der Waals surface area contributed by atoms with E-state index in [1.54, 1.807) is 6.92 Å². The summed E-state index contributed by atoms with van der Waals surface area (Å²) in [5.74, 6) is 0.613. The molecule has 2 heterocycles. The fourth-order valence-corrected chi connectivity index (χ4v) is 2.30. The lowest BCUT2D eigenvalue weighted by Crippen LogP contribution is -2.22. The van der Waals surface area contributed by atoms with Crippen LogP contribution in [0.25, 0.3) is 0 Å². The Morgan fingerprint density at radius 1 is 1.47 bits per heavy atom. The summed E-state index contributed by atoms with van der Waals surface area (Å²) in [6.07, 6.45) is 4.62. The van der Waals surface area contributed by atoms with Crippen LogP contribution in [-0.4, -0.2) is 40.1 Å². The molecule has 6 nitrogen and oxygen atoms in total. The zero-order valence-corrected chi connectivity index (χ0v) is 11.6. The second-order valence-electron chi connectivity index (χ2n) is 4.72. The standard InChI is InChI=1S/C13H21N3O3/c1-3-18-13(17)12-15-14-10(2)16(12)8-7-11-6-4-5-9-19-11/h11H,3-9H2,1-2H3. The van der Waals surface area contributed by atoms with Crippen LogP contribution in [-0.2, 0) is 16.0 Å². The summed E-state index contributed by atoms with van der Waals surface area (Å²) in [7, 11) is 0. The van der Waals surface area contributed by atoms with Gasteiger partial charge in [0.1, 0.15) is 5.82 Å². The molecule has 0 aromatic carbocycles. The van der Waals surface area contributed by atoms with Gasteiger partial charge in [0.2, 0.25) is 5.82 Å². The van der Waals surface area contributed by atoms with E-state index < -0.39 is 5.97 Å². The van der Waals surface area contributed by atoms with E-state index in [-0.39, 0.29) is 11.9 Å². The maximum Gasteiger partial charge on any atom is 0.376 e. The maximum absolute atomic E-state index is 11.8. The number of nitrogens with zero attached hydrogens (tertiary/aromatic N) is 3. The molecule has 19 heavy (non-hydrogen) atoms. The molecule has 0 spiro atoms. The Morgan fingerprint density at radius 2 is 2.32 bits per heavy atom. The molecule has 1 atom stereocenters. The van der Waals surface area contributed by atoms with Crippen molar-refractivity contribution in [3.63, 3.8) is 0 Å². The number of carbonyl (C=O) groups is 1. The second-order valence-corrected chi connectivity index (χ2v) is 4.72. The van der Waals surface area contributed by atoms with E-state index in [0.717, 1.165) is 31.7 Å². The highest BCUT2D eigenvalue weighted by molar-refractivity contribution is 5.85. The molecule has 2 rings (SSSR count). The molecule has 1 aromatic heterocycles. The molecule has 1 fully saturated rings. The first kappa shape index (κ1) is 14.0. The van der Waals surface area contributed by atoms with Crippen molar-refractivity contribution in [2.45, 2.75) is 52.2 Å². The van der Waals surface area contributed by atoms with Gasteiger partial charge < -0.3 is 14.0 Å². The van der Waals surface area contributed by atoms with Gasteiger partial charge in [-0.3, -0.25) is 0 Å². The van der Waals surface area contributed by atoms with E-state index in [9.17, 15) is 4.79 Å². The molecule has 1 aliphatic heterocycles. The Morgan fingerprint density at radius 3 is 3.00 bits per heavy atom. The number of hydrogen-bond donors (Lipinski definition) is 0. The summed E-state index contributed by atoms with van der Waals surface area (Å²) in [6, 6.07) is 0. The minimum Gasteiger partial charge on any atom is -0.460 e. The normalized spacial score (nSPS) is 19.4. The Labute approximate surface area is 113 Å². The zero-order valence-electron chi connectivity index (χ0n) is 11.6. The third-order valence-corrected chi connectivity index (χ3v) is 3.34. The summed E-state index contributed by atoms with van der Waals surface area (Å²) >= 11 is 0. The SMILES string of the molecule is CCOC(=O)c1nnc(C)n1CCC1CCCCO1. The van der Waals surface area contributed by atoms with Crippen molar-refractivity contribution in [2.24, 2.45) is 0 Å². The van der Waals surface area contributed by atoms with Crippen molar-refractivity contribution >= 4 is 5.97 Å². The van der Waals surface area contributed by atoms with E-state index in [1.807, 2.05) is 11.5 Å². The Balaban J connectivity index is 1.98. The van der Waals surface area contributed by atoms with E-state index in [2.05, 4.69) is 10.2 Å². The van der Waals surface area contributed by atoms with Gasteiger partial charge in [-0.15, -0.1) is 10.2 Å². The summed E-state index contributed by atoms with van der Waals surface area (Å²) in [4.78, 5) is 11.8. The molecule has 0 amide bonds. The van der Waals surface area contributed by atoms with Crippen molar-refractivity contribution in [1.82, 2.24) is 14.8 Å². The molecule has 6 heteroatoms. The number of aryl methyl sites for hydroxylation is 1. The molecular weight excluding hydrogens is 246 g/mol. The molecule has 1 saturated heterocycles. The van der Waals surface area contributed by atoms with E-state index in [0.29, 0.717) is 13.2 Å². The average Bonchev–Trinajstić information content (AvgIpc) is 2.79. The second kappa shape index (κ2) is 6.65. The number of hydrogen-bond acceptors (Lipinski definition) is 5. The highest BCUT2D eigenvalue weighted by atomic mass is 16.5. The Bertz CT molecular complexity index is 425. The monoisotopic (exact) mass is 267 g/mol. The molecule has 1 unspecified atom stereocenters. The molecule has 0 saturated carbocycles. The molecule has 1 aromatic rings. The van der Waals surface area contributed by atoms with Crippen molar-refractivity contribution in [2.75, 3.05) is 13.2 Å². The predicted octanol–water partition coefficient (Wildman–Crippen LogP) is 1.72. The van der Waals surface area contributed by atoms with Gasteiger partial charge in [-0.1, -0.05) is 0 Å². The molecular formula is C13H21N3O3. The summed E-state index contributed by atoms with van der Waals surface area (Å²) < 4.78 is 12.5. The van der Waals surface area contributed by atoms with E-state index in [1.165, 1.54) is 6.42 Å². The van der Waals surface area contributed by atoms with E-state index >= 15 is 0 Å². The lowest BCUT2D eigenvalue weighted by molar-refractivity contribution is 0.00836. The van der Waals surface area contributed by atoms with Crippen LogP contribution >= 0.6 is 0 Å². The van der Waals surface area contributed by atoms with Crippen LogP contribution in [0.3, 0.4) is 0 Å². The van der Waals surface area contributed by atoms with Crippen LogP contribution in [0.2, 0.25) is 0 Å². The minimum atomic E-state index is -0.410. The first-order valence-corrected chi connectivity index (χ1v) is 6.91. The number of esters is 1. The highest BCUT2D eigenvalue weighted by Gasteiger charge is 2.20. The summed E-state index contributed by atoms with van der Waals surface area (Å²) in [6.45, 7) is 5.50. The molecule has 0 N–H and O–H groups in total. The maximum atomic E-state index is 11.8. The molecule has 0 radical (unpaired) electrons. The molecule has 0 bridgehead atoms. The number of carbonyl (C=O) groups excluding carboxylic acids is 1. The van der Waals surface area contributed by atoms with Gasteiger partial charge in [0.25, 0.3) is 0 Å². The van der Waals surface area contributed by atoms with E-state index in [4.69, 9.17) is 9.47 Å². The first-order valence-electron chi connectivity index (χ1n) is 6.91. The number of rotatable bonds is 5. The molecule has 0 aliphatic carbocycles. The molecule has 106 valence electrons. The Kier molecular flexibility index (Phi) is 4.90. The topological polar surface area (TPSA) is 66.2 Å². The van der Waals surface area contributed by atoms with Gasteiger partial charge in [0.05, 0.1) is 12.7 Å². The minimum absolute atomic E-state index is 0.283. The summed E-state index contributed by atoms with van der Waals surface area (Å²) in [5.41, 5.74) is 0. The number of ether oxygens (including phenoxy) is 2. The Hall–Kier alpha value is -1.43. The zero-order chi connectivity index (χ0) is 13.7. The van der Waals surface area contributed by atoms with Gasteiger partial charge in [0.15, 0.2) is 0 Å². The number of aromatic nitrogens is 3. The van der Waals surface area contributed by atoms with Gasteiger partial charge in [0, 0.05) is 13.2 Å². The quantitative estimate of drug-likeness (QED) is 0.760. The van der Waals surface area contributed by atoms with Gasteiger partial charge >= 0.3 is 5.97 Å². The highest BCUT2D eigenvalue weighted by Crippen LogP contribution is 2.17. The van der Waals surface area contributed by atoms with Gasteiger partial charge in [-0.2, -0.15) is 0 Å². The van der Waals surface area contributed by atoms with Crippen LogP contribution in [0, 0.1) is 6.92 Å². The predicted molar refractivity (Wildman–Crippen MR) is 68.9 cm³/mol. The third-order valence-electron chi connectivity index (χ3n) is 3.34.